The van der Waals surface area contributed by atoms with E-state index in [0.29, 0.717) is 6.61 Å². The molecule has 0 aromatic carbocycles. The van der Waals surface area contributed by atoms with Crippen molar-refractivity contribution in [1.82, 2.24) is 10.2 Å². The van der Waals surface area contributed by atoms with Crippen LogP contribution >= 0.6 is 11.8 Å². The molecule has 0 bridgehead atoms. The van der Waals surface area contributed by atoms with Crippen LogP contribution in [-0.4, -0.2) is 53.5 Å². The molecule has 1 N–H and O–H groups in total. The minimum Gasteiger partial charge on any atom is -0.359 e. The lowest BCUT2D eigenvalue weighted by Gasteiger charge is -2.16. The van der Waals surface area contributed by atoms with Crippen LogP contribution in [0.4, 0.5) is 0 Å². The first kappa shape index (κ1) is 16.0. The van der Waals surface area contributed by atoms with Gasteiger partial charge in [-0.1, -0.05) is 0 Å². The van der Waals surface area contributed by atoms with Crippen LogP contribution in [0.15, 0.2) is 0 Å². The van der Waals surface area contributed by atoms with Crippen LogP contribution < -0.4 is 5.32 Å². The minimum absolute atomic E-state index is 0.107. The van der Waals surface area contributed by atoms with E-state index in [-0.39, 0.29) is 48.6 Å². The third-order valence-corrected chi connectivity index (χ3v) is 3.77. The summed E-state index contributed by atoms with van der Waals surface area (Å²) in [6, 6.07) is 0. The SMILES string of the molecule is CCOC(C)NC(=O)CCN1C(=O)CC(SC)C1=O. The number of carbonyl (C=O) groups excluding carboxylic acids is 3. The van der Waals surface area contributed by atoms with Gasteiger partial charge in [-0.25, -0.2) is 0 Å². The number of imide groups is 1. The normalized spacial score (nSPS) is 20.8. The van der Waals surface area contributed by atoms with Gasteiger partial charge in [-0.3, -0.25) is 19.3 Å². The topological polar surface area (TPSA) is 75.7 Å². The van der Waals surface area contributed by atoms with Crippen molar-refractivity contribution in [2.45, 2.75) is 38.2 Å². The number of rotatable bonds is 7. The fourth-order valence-electron chi connectivity index (χ4n) is 1.88. The molecule has 1 saturated heterocycles. The van der Waals surface area contributed by atoms with Gasteiger partial charge in [0.25, 0.3) is 0 Å². The molecule has 7 heteroatoms. The molecule has 3 amide bonds. The van der Waals surface area contributed by atoms with Crippen molar-refractivity contribution in [2.75, 3.05) is 19.4 Å². The highest BCUT2D eigenvalue weighted by Gasteiger charge is 2.37. The van der Waals surface area contributed by atoms with Crippen molar-refractivity contribution in [1.29, 1.82) is 0 Å². The Labute approximate surface area is 117 Å². The van der Waals surface area contributed by atoms with Gasteiger partial charge in [-0.05, 0) is 20.1 Å². The molecular formula is C12H20N2O4S. The van der Waals surface area contributed by atoms with E-state index in [2.05, 4.69) is 5.32 Å². The Morgan fingerprint density at radius 2 is 2.26 bits per heavy atom. The number of amides is 3. The Balaban J connectivity index is 2.38. The van der Waals surface area contributed by atoms with Gasteiger partial charge in [0.2, 0.25) is 17.7 Å². The smallest absolute Gasteiger partial charge is 0.242 e. The van der Waals surface area contributed by atoms with E-state index in [1.54, 1.807) is 13.2 Å². The van der Waals surface area contributed by atoms with Gasteiger partial charge in [-0.2, -0.15) is 11.8 Å². The van der Waals surface area contributed by atoms with E-state index < -0.39 is 0 Å². The molecule has 1 aliphatic heterocycles. The third-order valence-electron chi connectivity index (χ3n) is 2.83. The van der Waals surface area contributed by atoms with Gasteiger partial charge in [-0.15, -0.1) is 0 Å². The first-order valence-electron chi connectivity index (χ1n) is 6.27. The number of likely N-dealkylation sites (tertiary alicyclic amines) is 1. The van der Waals surface area contributed by atoms with Crippen molar-refractivity contribution in [3.05, 3.63) is 0 Å². The summed E-state index contributed by atoms with van der Waals surface area (Å²) in [4.78, 5) is 36.2. The lowest BCUT2D eigenvalue weighted by atomic mass is 10.3. The van der Waals surface area contributed by atoms with Gasteiger partial charge < -0.3 is 10.1 Å². The second-order valence-corrected chi connectivity index (χ2v) is 5.27. The van der Waals surface area contributed by atoms with Crippen molar-refractivity contribution in [3.8, 4) is 0 Å². The highest BCUT2D eigenvalue weighted by atomic mass is 32.2. The maximum Gasteiger partial charge on any atom is 0.242 e. The zero-order valence-electron chi connectivity index (χ0n) is 11.5. The Bertz CT molecular complexity index is 362. The summed E-state index contributed by atoms with van der Waals surface area (Å²) >= 11 is 1.37. The number of hydrogen-bond acceptors (Lipinski definition) is 5. The van der Waals surface area contributed by atoms with Crippen LogP contribution in [0, 0.1) is 0 Å². The maximum atomic E-state index is 11.8. The first-order valence-corrected chi connectivity index (χ1v) is 7.56. The van der Waals surface area contributed by atoms with E-state index in [0.717, 1.165) is 0 Å². The lowest BCUT2D eigenvalue weighted by Crippen LogP contribution is -2.38. The average molecular weight is 288 g/mol. The molecular weight excluding hydrogens is 268 g/mol. The Morgan fingerprint density at radius 3 is 2.79 bits per heavy atom. The molecule has 2 unspecified atom stereocenters. The van der Waals surface area contributed by atoms with E-state index in [1.165, 1.54) is 16.7 Å². The van der Waals surface area contributed by atoms with Crippen molar-refractivity contribution in [3.63, 3.8) is 0 Å². The highest BCUT2D eigenvalue weighted by Crippen LogP contribution is 2.22. The van der Waals surface area contributed by atoms with Crippen molar-refractivity contribution in [2.24, 2.45) is 0 Å². The number of nitrogens with zero attached hydrogens (tertiary/aromatic N) is 1. The minimum atomic E-state index is -0.360. The van der Waals surface area contributed by atoms with E-state index in [9.17, 15) is 14.4 Å². The Morgan fingerprint density at radius 1 is 1.58 bits per heavy atom. The van der Waals surface area contributed by atoms with Crippen LogP contribution in [-0.2, 0) is 19.1 Å². The monoisotopic (exact) mass is 288 g/mol. The number of hydrogen-bond donors (Lipinski definition) is 1. The van der Waals surface area contributed by atoms with Gasteiger partial charge in [0.05, 0.1) is 5.25 Å². The molecule has 108 valence electrons. The summed E-state index contributed by atoms with van der Waals surface area (Å²) in [7, 11) is 0. The average Bonchev–Trinajstić information content (AvgIpc) is 2.62. The summed E-state index contributed by atoms with van der Waals surface area (Å²) < 4.78 is 5.18. The van der Waals surface area contributed by atoms with Crippen LogP contribution in [0.2, 0.25) is 0 Å². The van der Waals surface area contributed by atoms with Gasteiger partial charge in [0, 0.05) is 26.0 Å². The summed E-state index contributed by atoms with van der Waals surface area (Å²) in [6.45, 7) is 4.23. The second kappa shape index (κ2) is 7.49. The number of thioether (sulfide) groups is 1. The molecule has 0 spiro atoms. The largest absolute Gasteiger partial charge is 0.359 e. The van der Waals surface area contributed by atoms with Crippen LogP contribution in [0.25, 0.3) is 0 Å². The molecule has 0 saturated carbocycles. The highest BCUT2D eigenvalue weighted by molar-refractivity contribution is 8.00. The molecule has 0 aromatic rings. The zero-order valence-corrected chi connectivity index (χ0v) is 12.3. The fourth-order valence-corrected chi connectivity index (χ4v) is 2.51. The van der Waals surface area contributed by atoms with Gasteiger partial charge >= 0.3 is 0 Å². The molecule has 2 atom stereocenters. The van der Waals surface area contributed by atoms with Crippen molar-refractivity contribution < 1.29 is 19.1 Å². The second-order valence-electron chi connectivity index (χ2n) is 4.23. The zero-order chi connectivity index (χ0) is 14.4. The predicted octanol–water partition coefficient (Wildman–Crippen LogP) is 0.366. The van der Waals surface area contributed by atoms with Crippen LogP contribution in [0.1, 0.15) is 26.7 Å². The van der Waals surface area contributed by atoms with E-state index in [1.807, 2.05) is 6.92 Å². The molecule has 1 heterocycles. The molecule has 1 aliphatic rings. The predicted molar refractivity (Wildman–Crippen MR) is 72.5 cm³/mol. The van der Waals surface area contributed by atoms with Crippen molar-refractivity contribution >= 4 is 29.5 Å². The van der Waals surface area contributed by atoms with Gasteiger partial charge in [0.1, 0.15) is 6.23 Å². The third kappa shape index (κ3) is 4.50. The molecule has 1 rings (SSSR count). The standard InChI is InChI=1S/C12H20N2O4S/c1-4-18-8(2)13-10(15)5-6-14-11(16)7-9(19-3)12(14)17/h8-9H,4-7H2,1-3H3,(H,13,15). The fraction of sp³-hybridized carbons (Fsp3) is 0.750. The summed E-state index contributed by atoms with van der Waals surface area (Å²) in [6.07, 6.45) is 1.78. The molecule has 0 aliphatic carbocycles. The van der Waals surface area contributed by atoms with Crippen LogP contribution in [0.3, 0.4) is 0 Å². The molecule has 6 nitrogen and oxygen atoms in total. The molecule has 0 radical (unpaired) electrons. The summed E-state index contributed by atoms with van der Waals surface area (Å²) in [5.74, 6) is -0.618. The molecule has 19 heavy (non-hydrogen) atoms. The first-order chi connectivity index (χ1) is 8.99. The number of nitrogens with one attached hydrogen (secondary N) is 1. The molecule has 1 fully saturated rings. The molecule has 0 aromatic heterocycles. The number of ether oxygens (including phenoxy) is 1. The quantitative estimate of drug-likeness (QED) is 0.541. The summed E-state index contributed by atoms with van der Waals surface area (Å²) in [5.41, 5.74) is 0. The summed E-state index contributed by atoms with van der Waals surface area (Å²) in [5, 5.41) is 2.35. The Kier molecular flexibility index (Phi) is 6.30. The van der Waals surface area contributed by atoms with Crippen LogP contribution in [0.5, 0.6) is 0 Å². The van der Waals surface area contributed by atoms with E-state index >= 15 is 0 Å². The number of carbonyl (C=O) groups is 3. The maximum absolute atomic E-state index is 11.8. The van der Waals surface area contributed by atoms with Gasteiger partial charge in [0.15, 0.2) is 0 Å². The van der Waals surface area contributed by atoms with E-state index in [4.69, 9.17) is 4.74 Å². The lowest BCUT2D eigenvalue weighted by molar-refractivity contribution is -0.138. The Hall–Kier alpha value is -1.08.